The van der Waals surface area contributed by atoms with Gasteiger partial charge in [-0.05, 0) is 40.9 Å². The van der Waals surface area contributed by atoms with E-state index in [1.54, 1.807) is 18.3 Å². The number of rotatable bonds is 3. The van der Waals surface area contributed by atoms with E-state index in [4.69, 9.17) is 5.73 Å². The highest BCUT2D eigenvalue weighted by molar-refractivity contribution is 9.10. The van der Waals surface area contributed by atoms with E-state index in [-0.39, 0.29) is 11.4 Å². The molecule has 4 nitrogen and oxygen atoms in total. The fraction of sp³-hybridized carbons (Fsp3) is 0.538. The Labute approximate surface area is 115 Å². The van der Waals surface area contributed by atoms with Crippen molar-refractivity contribution < 1.29 is 4.79 Å². The Morgan fingerprint density at radius 1 is 1.44 bits per heavy atom. The van der Waals surface area contributed by atoms with E-state index < -0.39 is 0 Å². The van der Waals surface area contributed by atoms with Crippen molar-refractivity contribution in [3.8, 4) is 0 Å². The molecule has 0 bridgehead atoms. The second kappa shape index (κ2) is 5.80. The van der Waals surface area contributed by atoms with Gasteiger partial charge >= 0.3 is 0 Å². The van der Waals surface area contributed by atoms with Crippen LogP contribution in [-0.2, 0) is 0 Å². The molecule has 2 rings (SSSR count). The highest BCUT2D eigenvalue weighted by Crippen LogP contribution is 2.25. The quantitative estimate of drug-likeness (QED) is 0.899. The van der Waals surface area contributed by atoms with E-state index in [0.717, 1.165) is 25.7 Å². The van der Waals surface area contributed by atoms with Gasteiger partial charge in [-0.15, -0.1) is 0 Å². The van der Waals surface area contributed by atoms with Crippen LogP contribution in [-0.4, -0.2) is 23.0 Å². The minimum absolute atomic E-state index is 0.169. The maximum atomic E-state index is 12.0. The first-order valence-corrected chi connectivity index (χ1v) is 7.08. The summed E-state index contributed by atoms with van der Waals surface area (Å²) in [6, 6.07) is 3.59. The first-order chi connectivity index (χ1) is 8.61. The van der Waals surface area contributed by atoms with Crippen LogP contribution in [0.4, 0.5) is 0 Å². The average Bonchev–Trinajstić information content (AvgIpc) is 2.38. The van der Waals surface area contributed by atoms with Crippen LogP contribution in [0.1, 0.15) is 42.6 Å². The topological polar surface area (TPSA) is 68.0 Å². The van der Waals surface area contributed by atoms with Gasteiger partial charge in [0.25, 0.3) is 5.91 Å². The van der Waals surface area contributed by atoms with Crippen molar-refractivity contribution in [1.29, 1.82) is 0 Å². The second-order valence-electron chi connectivity index (χ2n) is 4.94. The normalized spacial score (nSPS) is 18.3. The lowest BCUT2D eigenvalue weighted by molar-refractivity contribution is 0.0932. The van der Waals surface area contributed by atoms with E-state index in [9.17, 15) is 4.79 Å². The van der Waals surface area contributed by atoms with E-state index in [1.165, 1.54) is 6.42 Å². The molecule has 3 N–H and O–H groups in total. The summed E-state index contributed by atoms with van der Waals surface area (Å²) in [5, 5.41) is 2.89. The highest BCUT2D eigenvalue weighted by atomic mass is 79.9. The molecule has 1 aliphatic rings. The number of pyridine rings is 1. The number of hydrogen-bond donors (Lipinski definition) is 2. The van der Waals surface area contributed by atoms with Crippen molar-refractivity contribution in [2.45, 2.75) is 37.6 Å². The van der Waals surface area contributed by atoms with Gasteiger partial charge in [-0.25, -0.2) is 4.98 Å². The Morgan fingerprint density at radius 3 is 2.83 bits per heavy atom. The number of nitrogens with two attached hydrogens (primary N) is 1. The van der Waals surface area contributed by atoms with Crippen LogP contribution in [0.2, 0.25) is 0 Å². The maximum absolute atomic E-state index is 12.0. The minimum atomic E-state index is -0.241. The number of aromatic nitrogens is 1. The maximum Gasteiger partial charge on any atom is 0.271 e. The van der Waals surface area contributed by atoms with Crippen molar-refractivity contribution in [3.05, 3.63) is 28.5 Å². The zero-order valence-corrected chi connectivity index (χ0v) is 11.9. The molecule has 0 spiro atoms. The lowest BCUT2D eigenvalue weighted by Crippen LogP contribution is -2.51. The molecular formula is C13H18BrN3O. The third kappa shape index (κ3) is 3.29. The molecule has 0 unspecified atom stereocenters. The summed E-state index contributed by atoms with van der Waals surface area (Å²) in [5.41, 5.74) is 6.45. The van der Waals surface area contributed by atoms with Crippen molar-refractivity contribution in [1.82, 2.24) is 10.3 Å². The van der Waals surface area contributed by atoms with E-state index >= 15 is 0 Å². The van der Waals surface area contributed by atoms with Gasteiger partial charge in [0.1, 0.15) is 5.69 Å². The fourth-order valence-electron chi connectivity index (χ4n) is 2.33. The van der Waals surface area contributed by atoms with Crippen LogP contribution in [0.5, 0.6) is 0 Å². The number of carbonyl (C=O) groups is 1. The number of halogens is 1. The molecule has 1 aliphatic carbocycles. The molecule has 1 fully saturated rings. The molecule has 0 saturated heterocycles. The predicted molar refractivity (Wildman–Crippen MR) is 74.3 cm³/mol. The predicted octanol–water partition coefficient (Wildman–Crippen LogP) is 2.24. The first kappa shape index (κ1) is 13.5. The average molecular weight is 312 g/mol. The summed E-state index contributed by atoms with van der Waals surface area (Å²) in [5.74, 6) is -0.169. The largest absolute Gasteiger partial charge is 0.349 e. The van der Waals surface area contributed by atoms with Gasteiger partial charge in [0, 0.05) is 22.8 Å². The standard InChI is InChI=1S/C13H18BrN3O/c14-10-5-4-8-16-11(10)12(18)17-9-13(15)6-2-1-3-7-13/h4-5,8H,1-3,6-7,9,15H2,(H,17,18). The molecular weight excluding hydrogens is 294 g/mol. The van der Waals surface area contributed by atoms with Gasteiger partial charge in [0.05, 0.1) is 0 Å². The summed E-state index contributed by atoms with van der Waals surface area (Å²) in [4.78, 5) is 16.1. The summed E-state index contributed by atoms with van der Waals surface area (Å²) < 4.78 is 0.706. The number of carbonyl (C=O) groups excluding carboxylic acids is 1. The van der Waals surface area contributed by atoms with Crippen LogP contribution in [0.3, 0.4) is 0 Å². The van der Waals surface area contributed by atoms with Crippen LogP contribution in [0.15, 0.2) is 22.8 Å². The molecule has 1 amide bonds. The van der Waals surface area contributed by atoms with Crippen molar-refractivity contribution >= 4 is 21.8 Å². The first-order valence-electron chi connectivity index (χ1n) is 6.28. The highest BCUT2D eigenvalue weighted by Gasteiger charge is 2.28. The van der Waals surface area contributed by atoms with Gasteiger partial charge in [0.2, 0.25) is 0 Å². The van der Waals surface area contributed by atoms with Gasteiger partial charge < -0.3 is 11.1 Å². The van der Waals surface area contributed by atoms with Crippen LogP contribution in [0, 0.1) is 0 Å². The van der Waals surface area contributed by atoms with Gasteiger partial charge in [-0.1, -0.05) is 19.3 Å². The number of nitrogens with zero attached hydrogens (tertiary/aromatic N) is 1. The molecule has 1 saturated carbocycles. The third-order valence-corrected chi connectivity index (χ3v) is 4.06. The second-order valence-corrected chi connectivity index (χ2v) is 5.79. The molecule has 0 aromatic carbocycles. The summed E-state index contributed by atoms with van der Waals surface area (Å²) in [6.45, 7) is 0.523. The van der Waals surface area contributed by atoms with Gasteiger partial charge in [-0.2, -0.15) is 0 Å². The number of nitrogens with one attached hydrogen (secondary N) is 1. The molecule has 1 aromatic heterocycles. The van der Waals surface area contributed by atoms with Crippen molar-refractivity contribution in [2.24, 2.45) is 5.73 Å². The summed E-state index contributed by atoms with van der Waals surface area (Å²) in [6.07, 6.45) is 7.13. The zero-order valence-electron chi connectivity index (χ0n) is 10.3. The smallest absolute Gasteiger partial charge is 0.271 e. The van der Waals surface area contributed by atoms with Crippen LogP contribution < -0.4 is 11.1 Å². The Hall–Kier alpha value is -0.940. The van der Waals surface area contributed by atoms with Gasteiger partial charge in [-0.3, -0.25) is 4.79 Å². The summed E-state index contributed by atoms with van der Waals surface area (Å²) in [7, 11) is 0. The third-order valence-electron chi connectivity index (χ3n) is 3.42. The molecule has 18 heavy (non-hydrogen) atoms. The van der Waals surface area contributed by atoms with E-state index in [0.29, 0.717) is 16.7 Å². The SMILES string of the molecule is NC1(CNC(=O)c2ncccc2Br)CCCCC1. The Morgan fingerprint density at radius 2 is 2.17 bits per heavy atom. The minimum Gasteiger partial charge on any atom is -0.349 e. The number of hydrogen-bond acceptors (Lipinski definition) is 3. The molecule has 0 radical (unpaired) electrons. The van der Waals surface area contributed by atoms with E-state index in [2.05, 4.69) is 26.2 Å². The fourth-order valence-corrected chi connectivity index (χ4v) is 2.76. The molecule has 0 atom stereocenters. The van der Waals surface area contributed by atoms with Crippen molar-refractivity contribution in [3.63, 3.8) is 0 Å². The molecule has 98 valence electrons. The van der Waals surface area contributed by atoms with Crippen molar-refractivity contribution in [2.75, 3.05) is 6.54 Å². The summed E-state index contributed by atoms with van der Waals surface area (Å²) >= 11 is 3.32. The Bertz CT molecular complexity index is 430. The lowest BCUT2D eigenvalue weighted by atomic mass is 9.82. The zero-order chi connectivity index (χ0) is 13.0. The van der Waals surface area contributed by atoms with Gasteiger partial charge in [0.15, 0.2) is 0 Å². The molecule has 1 aromatic rings. The Kier molecular flexibility index (Phi) is 4.35. The lowest BCUT2D eigenvalue weighted by Gasteiger charge is -2.33. The van der Waals surface area contributed by atoms with Crippen LogP contribution in [0.25, 0.3) is 0 Å². The number of amides is 1. The molecule has 0 aliphatic heterocycles. The van der Waals surface area contributed by atoms with Crippen LogP contribution >= 0.6 is 15.9 Å². The Balaban J connectivity index is 1.94. The van der Waals surface area contributed by atoms with E-state index in [1.807, 2.05) is 0 Å². The monoisotopic (exact) mass is 311 g/mol. The molecule has 5 heteroatoms. The molecule has 1 heterocycles.